The number of hydrogen-bond acceptors (Lipinski definition) is 5. The van der Waals surface area contributed by atoms with Crippen molar-refractivity contribution >= 4 is 30.9 Å². The summed E-state index contributed by atoms with van der Waals surface area (Å²) < 4.78 is 25.6. The molecule has 0 radical (unpaired) electrons. The minimum absolute atomic E-state index is 0.0553. The van der Waals surface area contributed by atoms with Crippen LogP contribution in [-0.4, -0.2) is 56.3 Å². The lowest BCUT2D eigenvalue weighted by molar-refractivity contribution is -0.148. The van der Waals surface area contributed by atoms with Crippen LogP contribution in [0.5, 0.6) is 0 Å². The van der Waals surface area contributed by atoms with Gasteiger partial charge in [0, 0.05) is 6.42 Å². The molecular formula is C29H58O5Si3. The van der Waals surface area contributed by atoms with E-state index in [9.17, 15) is 4.79 Å². The number of rotatable bonds is 13. The lowest BCUT2D eigenvalue weighted by Gasteiger charge is -2.41. The minimum atomic E-state index is -2.08. The SMILES string of the molecule is C#CCCC(=O)O[C@@H](C=C[C@@H](CO[Si](C)(C)C(C)(C)C)O[Si](C)(C)C(C)(C)C)CO[Si](C)(C)C(C)(C)C. The zero-order valence-electron chi connectivity index (χ0n) is 26.8. The second-order valence-corrected chi connectivity index (χ2v) is 29.1. The molecule has 0 unspecified atom stereocenters. The molecule has 0 aliphatic carbocycles. The van der Waals surface area contributed by atoms with Crippen LogP contribution in [0.3, 0.4) is 0 Å². The molecule has 0 N–H and O–H groups in total. The summed E-state index contributed by atoms with van der Waals surface area (Å²) in [6.45, 7) is 34.2. The van der Waals surface area contributed by atoms with Crippen molar-refractivity contribution in [1.29, 1.82) is 0 Å². The van der Waals surface area contributed by atoms with E-state index < -0.39 is 31.1 Å². The van der Waals surface area contributed by atoms with Crippen LogP contribution < -0.4 is 0 Å². The van der Waals surface area contributed by atoms with Crippen molar-refractivity contribution < 1.29 is 22.8 Å². The molecule has 0 aliphatic heterocycles. The normalized spacial score (nSPS) is 15.9. The molecule has 0 fully saturated rings. The van der Waals surface area contributed by atoms with Crippen molar-refractivity contribution in [2.75, 3.05) is 13.2 Å². The summed E-state index contributed by atoms with van der Waals surface area (Å²) in [5, 5.41) is 0.215. The summed E-state index contributed by atoms with van der Waals surface area (Å²) >= 11 is 0. The molecule has 0 bridgehead atoms. The summed E-state index contributed by atoms with van der Waals surface area (Å²) in [7, 11) is -6.07. The van der Waals surface area contributed by atoms with E-state index in [0.29, 0.717) is 19.6 Å². The average Bonchev–Trinajstić information content (AvgIpc) is 2.69. The second-order valence-electron chi connectivity index (χ2n) is 14.7. The predicted octanol–water partition coefficient (Wildman–Crippen LogP) is 8.30. The predicted molar refractivity (Wildman–Crippen MR) is 165 cm³/mol. The van der Waals surface area contributed by atoms with E-state index >= 15 is 0 Å². The van der Waals surface area contributed by atoms with Gasteiger partial charge in [-0.3, -0.25) is 4.79 Å². The van der Waals surface area contributed by atoms with Gasteiger partial charge < -0.3 is 18.0 Å². The Bertz CT molecular complexity index is 790. The molecule has 0 rings (SSSR count). The van der Waals surface area contributed by atoms with Crippen molar-refractivity contribution in [2.45, 2.75) is 142 Å². The maximum absolute atomic E-state index is 12.5. The number of esters is 1. The summed E-state index contributed by atoms with van der Waals surface area (Å²) in [6.07, 6.45) is 9.08. The maximum atomic E-state index is 12.5. The quantitative estimate of drug-likeness (QED) is 0.0964. The lowest BCUT2D eigenvalue weighted by Crippen LogP contribution is -2.47. The van der Waals surface area contributed by atoms with Gasteiger partial charge in [-0.15, -0.1) is 12.3 Å². The van der Waals surface area contributed by atoms with E-state index in [1.165, 1.54) is 0 Å². The Morgan fingerprint density at radius 3 is 1.49 bits per heavy atom. The van der Waals surface area contributed by atoms with Crippen LogP contribution in [0.1, 0.15) is 75.2 Å². The van der Waals surface area contributed by atoms with Gasteiger partial charge in [0.1, 0.15) is 6.10 Å². The molecule has 0 aliphatic rings. The van der Waals surface area contributed by atoms with Gasteiger partial charge in [-0.05, 0) is 60.5 Å². The van der Waals surface area contributed by atoms with Crippen LogP contribution in [0.15, 0.2) is 12.2 Å². The number of hydrogen-bond donors (Lipinski definition) is 0. The van der Waals surface area contributed by atoms with Gasteiger partial charge in [0.05, 0.1) is 25.7 Å². The highest BCUT2D eigenvalue weighted by atomic mass is 28.4. The molecule has 2 atom stereocenters. The highest BCUT2D eigenvalue weighted by Gasteiger charge is 2.41. The maximum Gasteiger partial charge on any atom is 0.307 e. The Labute approximate surface area is 232 Å². The fraction of sp³-hybridized carbons (Fsp3) is 0.828. The van der Waals surface area contributed by atoms with E-state index in [2.05, 4.69) is 108 Å². The highest BCUT2D eigenvalue weighted by molar-refractivity contribution is 6.75. The third-order valence-corrected chi connectivity index (χ3v) is 21.9. The largest absolute Gasteiger partial charge is 0.456 e. The Hall–Kier alpha value is -0.699. The summed E-state index contributed by atoms with van der Waals surface area (Å²) in [5.41, 5.74) is 0. The first-order chi connectivity index (χ1) is 16.4. The molecule has 0 amide bonds. The second kappa shape index (κ2) is 13.6. The highest BCUT2D eigenvalue weighted by Crippen LogP contribution is 2.39. The molecular weight excluding hydrogens is 513 g/mol. The minimum Gasteiger partial charge on any atom is -0.456 e. The molecule has 0 heterocycles. The van der Waals surface area contributed by atoms with Gasteiger partial charge in [0.25, 0.3) is 0 Å². The molecule has 0 saturated carbocycles. The van der Waals surface area contributed by atoms with Crippen molar-refractivity contribution in [1.82, 2.24) is 0 Å². The van der Waals surface area contributed by atoms with Crippen LogP contribution >= 0.6 is 0 Å². The first-order valence-corrected chi connectivity index (χ1v) is 22.4. The molecule has 0 saturated heterocycles. The number of ether oxygens (including phenoxy) is 1. The van der Waals surface area contributed by atoms with Crippen LogP contribution in [0.2, 0.25) is 54.4 Å². The summed E-state index contributed by atoms with van der Waals surface area (Å²) in [5.74, 6) is 2.20. The lowest BCUT2D eigenvalue weighted by atomic mass is 10.2. The third kappa shape index (κ3) is 12.3. The third-order valence-electron chi connectivity index (χ3n) is 8.38. The number of terminal acetylenes is 1. The molecule has 8 heteroatoms. The summed E-state index contributed by atoms with van der Waals surface area (Å²) in [6, 6.07) is 0. The monoisotopic (exact) mass is 570 g/mol. The molecule has 0 spiro atoms. The average molecular weight is 571 g/mol. The van der Waals surface area contributed by atoms with Gasteiger partial charge in [0.15, 0.2) is 25.0 Å². The fourth-order valence-electron chi connectivity index (χ4n) is 2.48. The Balaban J connectivity index is 6.00. The van der Waals surface area contributed by atoms with Crippen LogP contribution in [0.4, 0.5) is 0 Å². The molecule has 37 heavy (non-hydrogen) atoms. The van der Waals surface area contributed by atoms with E-state index in [4.69, 9.17) is 24.4 Å². The molecule has 0 aromatic carbocycles. The van der Waals surface area contributed by atoms with E-state index in [1.807, 2.05) is 12.2 Å². The molecule has 0 aromatic rings. The first-order valence-electron chi connectivity index (χ1n) is 13.6. The zero-order chi connectivity index (χ0) is 29.5. The molecule has 0 aromatic heterocycles. The van der Waals surface area contributed by atoms with Gasteiger partial charge in [-0.2, -0.15) is 0 Å². The van der Waals surface area contributed by atoms with E-state index in [1.54, 1.807) is 0 Å². The van der Waals surface area contributed by atoms with Gasteiger partial charge in [0.2, 0.25) is 0 Å². The van der Waals surface area contributed by atoms with Crippen molar-refractivity contribution in [3.8, 4) is 12.3 Å². The summed E-state index contributed by atoms with van der Waals surface area (Å²) in [4.78, 5) is 12.5. The van der Waals surface area contributed by atoms with Crippen molar-refractivity contribution in [3.05, 3.63) is 12.2 Å². The van der Waals surface area contributed by atoms with E-state index in [0.717, 1.165) is 0 Å². The van der Waals surface area contributed by atoms with E-state index in [-0.39, 0.29) is 33.6 Å². The fourth-order valence-corrected chi connectivity index (χ4v) is 5.76. The van der Waals surface area contributed by atoms with Crippen molar-refractivity contribution in [3.63, 3.8) is 0 Å². The zero-order valence-corrected chi connectivity index (χ0v) is 29.8. The molecule has 5 nitrogen and oxygen atoms in total. The van der Waals surface area contributed by atoms with Gasteiger partial charge in [-0.1, -0.05) is 68.4 Å². The standard InChI is InChI=1S/C29H58O5Si3/c1-17-18-19-26(30)33-24(22-31-35(11,12)27(2,3)4)20-21-25(34-37(15,16)29(8,9)10)23-32-36(13,14)28(5,6)7/h1,20-21,24-25H,18-19,22-23H2,2-16H3/t24-,25-/m0/s1. The van der Waals surface area contributed by atoms with Gasteiger partial charge in [-0.25, -0.2) is 0 Å². The Kier molecular flexibility index (Phi) is 13.3. The van der Waals surface area contributed by atoms with Crippen LogP contribution in [0, 0.1) is 12.3 Å². The smallest absolute Gasteiger partial charge is 0.307 e. The Morgan fingerprint density at radius 1 is 0.730 bits per heavy atom. The number of carbonyl (C=O) groups excluding carboxylic acids is 1. The van der Waals surface area contributed by atoms with Crippen molar-refractivity contribution in [2.24, 2.45) is 0 Å². The Morgan fingerprint density at radius 2 is 1.11 bits per heavy atom. The van der Waals surface area contributed by atoms with Gasteiger partial charge >= 0.3 is 5.97 Å². The van der Waals surface area contributed by atoms with Crippen LogP contribution in [0.25, 0.3) is 0 Å². The number of carbonyl (C=O) groups is 1. The first kappa shape index (κ1) is 36.3. The molecule has 216 valence electrons. The topological polar surface area (TPSA) is 54.0 Å². The van der Waals surface area contributed by atoms with Crippen LogP contribution in [-0.2, 0) is 22.8 Å².